The van der Waals surface area contributed by atoms with Crippen LogP contribution in [-0.4, -0.2) is 79.3 Å². The Morgan fingerprint density at radius 3 is 1.72 bits per heavy atom. The number of nitro benzene ring substituents is 1. The van der Waals surface area contributed by atoms with Crippen molar-refractivity contribution in [1.29, 1.82) is 0 Å². The summed E-state index contributed by atoms with van der Waals surface area (Å²) in [6.45, 7) is 0. The molecule has 5 aromatic carbocycles. The SMILES string of the molecule is Nc1c(N=Nc2ccc(S(=O)(=O)[O-])c3c[c-]cc(O)c23)cc(CS(=O)(=O)O)c2cc(S(=O)(=O)[O-])c(N=Nc3[c-]cc([N+](=O)[O-])cc3)c(O)c12.O=S(=O)=O.O=S(=O)=O.[Na+].[Na+].[Na+].[Na+]. The third-order valence-corrected chi connectivity index (χ3v) is 9.14. The van der Waals surface area contributed by atoms with Gasteiger partial charge in [0.15, 0.2) is 11.4 Å². The van der Waals surface area contributed by atoms with E-state index in [0.29, 0.717) is 6.07 Å². The Morgan fingerprint density at radius 2 is 1.25 bits per heavy atom. The second-order valence-electron chi connectivity index (χ2n) is 10.3. The molecule has 0 unspecified atom stereocenters. The Bertz CT molecular complexity index is 3070. The molecule has 5 aromatic rings. The van der Waals surface area contributed by atoms with Crippen LogP contribution in [0.15, 0.2) is 84.8 Å². The first-order valence-corrected chi connectivity index (χ1v) is 20.3. The van der Waals surface area contributed by atoms with E-state index in [1.54, 1.807) is 0 Å². The van der Waals surface area contributed by atoms with E-state index in [2.05, 4.69) is 32.6 Å². The zero-order valence-corrected chi connectivity index (χ0v) is 43.2. The van der Waals surface area contributed by atoms with Gasteiger partial charge in [-0.1, -0.05) is 23.6 Å². The third kappa shape index (κ3) is 17.2. The molecule has 0 atom stereocenters. The molecule has 0 aliphatic rings. The summed E-state index contributed by atoms with van der Waals surface area (Å²) in [5.74, 6) is -2.90. The number of nitrogen functional groups attached to an aromatic ring is 1. The molecule has 0 aliphatic carbocycles. The number of anilines is 1. The van der Waals surface area contributed by atoms with Gasteiger partial charge in [-0.3, -0.25) is 14.7 Å². The van der Waals surface area contributed by atoms with Crippen molar-refractivity contribution in [2.75, 3.05) is 5.73 Å². The van der Waals surface area contributed by atoms with E-state index in [4.69, 9.17) is 31.0 Å². The van der Waals surface area contributed by atoms with E-state index >= 15 is 0 Å². The first-order chi connectivity index (χ1) is 26.2. The van der Waals surface area contributed by atoms with Gasteiger partial charge in [0, 0.05) is 15.6 Å². The van der Waals surface area contributed by atoms with Crippen LogP contribution in [0.4, 0.5) is 34.1 Å². The number of non-ortho nitro benzene ring substituents is 1. The molecule has 34 heteroatoms. The first kappa shape index (κ1) is 60.7. The molecule has 25 nitrogen and oxygen atoms in total. The Hall–Kier alpha value is -2.41. The van der Waals surface area contributed by atoms with Crippen molar-refractivity contribution < 1.29 is 198 Å². The Balaban J connectivity index is 0. The molecule has 0 fully saturated rings. The zero-order chi connectivity index (χ0) is 43.2. The fourth-order valence-electron chi connectivity index (χ4n) is 4.67. The van der Waals surface area contributed by atoms with Crippen molar-refractivity contribution in [2.24, 2.45) is 20.5 Å². The van der Waals surface area contributed by atoms with Gasteiger partial charge in [0.2, 0.25) is 0 Å². The molecule has 5 N–H and O–H groups in total. The predicted octanol–water partition coefficient (Wildman–Crippen LogP) is -9.47. The summed E-state index contributed by atoms with van der Waals surface area (Å²) in [5, 5.41) is 46.2. The number of aromatic hydroxyl groups is 2. The fraction of sp³-hybridized carbons (Fsp3) is 0.0370. The van der Waals surface area contributed by atoms with E-state index in [1.807, 2.05) is 0 Å². The maximum absolute atomic E-state index is 12.2. The number of nitro groups is 1. The van der Waals surface area contributed by atoms with Crippen LogP contribution in [0.2, 0.25) is 0 Å². The van der Waals surface area contributed by atoms with Crippen LogP contribution >= 0.6 is 0 Å². The molecule has 0 amide bonds. The minimum atomic E-state index is -5.49. The van der Waals surface area contributed by atoms with Crippen LogP contribution < -0.4 is 124 Å². The van der Waals surface area contributed by atoms with E-state index in [9.17, 15) is 59.2 Å². The van der Waals surface area contributed by atoms with E-state index < -0.39 is 117 Å². The quantitative estimate of drug-likeness (QED) is 0.0203. The van der Waals surface area contributed by atoms with Gasteiger partial charge in [-0.25, -0.2) is 16.8 Å². The van der Waals surface area contributed by atoms with Crippen LogP contribution in [0.1, 0.15) is 5.56 Å². The molecule has 0 aliphatic heterocycles. The number of nitrogens with two attached hydrogens (primary N) is 1. The largest absolute Gasteiger partial charge is 1.00 e. The Morgan fingerprint density at radius 1 is 0.705 bits per heavy atom. The van der Waals surface area contributed by atoms with E-state index in [1.165, 1.54) is 0 Å². The van der Waals surface area contributed by atoms with Crippen molar-refractivity contribution in [1.82, 2.24) is 0 Å². The number of azo groups is 2. The first-order valence-electron chi connectivity index (χ1n) is 13.9. The average Bonchev–Trinajstić information content (AvgIpc) is 3.06. The number of phenolic OH excluding ortho intramolecular Hbond substituents is 2. The Labute approximate surface area is 434 Å². The molecule has 0 saturated heterocycles. The maximum atomic E-state index is 12.2. The summed E-state index contributed by atoms with van der Waals surface area (Å²) in [6.07, 6.45) is 0. The van der Waals surface area contributed by atoms with Crippen molar-refractivity contribution in [3.63, 3.8) is 0 Å². The van der Waals surface area contributed by atoms with E-state index in [-0.39, 0.29) is 146 Å². The van der Waals surface area contributed by atoms with Gasteiger partial charge in [-0.2, -0.15) is 30.8 Å². The number of fused-ring (bicyclic) bond motifs is 2. The van der Waals surface area contributed by atoms with Gasteiger partial charge in [0.25, 0.3) is 10.1 Å². The summed E-state index contributed by atoms with van der Waals surface area (Å²) in [6, 6.07) is 13.5. The molecule has 5 rings (SSSR count). The van der Waals surface area contributed by atoms with Crippen LogP contribution in [0.25, 0.3) is 21.5 Å². The standard InChI is InChI=1S/C27H18N6O13S3.4Na.2O3S/c28-25-19(31-30-18-8-9-21(48(41,42)43)16-2-1-3-20(34)23(16)18)10-13(12-47(38,39)40)17-11-22(49(44,45)46)26(27(35)24(17)25)32-29-14-4-6-15(7-5-14)33(36)37;;;;;2*1-4(2)3/h2-4,6-11,34-35H,12,28H2,(H,38,39,40)(H,41,42,43)(H,44,45,46);;;;;;/q-2;4*+1;;/p-2. The summed E-state index contributed by atoms with van der Waals surface area (Å²) >= 11 is 0. The van der Waals surface area contributed by atoms with Gasteiger partial charge in [0.05, 0.1) is 21.7 Å². The smallest absolute Gasteiger partial charge is 0.745 e. The van der Waals surface area contributed by atoms with Crippen LogP contribution in [0.5, 0.6) is 11.5 Å². The van der Waals surface area contributed by atoms with Gasteiger partial charge in [-0.05, 0) is 34.8 Å². The summed E-state index contributed by atoms with van der Waals surface area (Å²) < 4.78 is 156. The Kier molecular flexibility index (Phi) is 25.0. The number of benzene rings is 5. The molecule has 0 spiro atoms. The van der Waals surface area contributed by atoms with Crippen LogP contribution in [0.3, 0.4) is 0 Å². The molecule has 0 aromatic heterocycles. The summed E-state index contributed by atoms with van der Waals surface area (Å²) in [7, 11) is -21.6. The van der Waals surface area contributed by atoms with Gasteiger partial charge < -0.3 is 25.1 Å². The van der Waals surface area contributed by atoms with Crippen LogP contribution in [0, 0.1) is 22.2 Å². The minimum absolute atomic E-state index is 0. The molecule has 0 radical (unpaired) electrons. The average molecular weight is 981 g/mol. The second kappa shape index (κ2) is 25.2. The third-order valence-electron chi connectivity index (χ3n) is 6.72. The molecular weight excluding hydrogens is 965 g/mol. The molecule has 0 bridgehead atoms. The summed E-state index contributed by atoms with van der Waals surface area (Å²) in [5.41, 5.74) is 3.09. The summed E-state index contributed by atoms with van der Waals surface area (Å²) in [4.78, 5) is 8.28. The van der Waals surface area contributed by atoms with E-state index in [0.717, 1.165) is 48.5 Å². The zero-order valence-electron chi connectivity index (χ0n) is 31.1. The number of nitrogens with zero attached hydrogens (tertiary/aromatic N) is 5. The molecule has 61 heavy (non-hydrogen) atoms. The number of hydrogen-bond donors (Lipinski definition) is 4. The monoisotopic (exact) mass is 980 g/mol. The molecular formula is C27H16N6Na4O19S5. The number of phenols is 2. The van der Waals surface area contributed by atoms with Crippen LogP contribution in [-0.2, 0) is 57.3 Å². The second-order valence-corrected chi connectivity index (χ2v) is 15.3. The number of hydrogen-bond acceptors (Lipinski definition) is 23. The molecule has 0 saturated carbocycles. The van der Waals surface area contributed by atoms with Crippen molar-refractivity contribution >= 4 is 107 Å². The van der Waals surface area contributed by atoms with Crippen molar-refractivity contribution in [3.8, 4) is 11.5 Å². The fourth-order valence-corrected chi connectivity index (χ4v) is 6.60. The normalized spacial score (nSPS) is 11.1. The van der Waals surface area contributed by atoms with Gasteiger partial charge >= 0.3 is 139 Å². The predicted molar refractivity (Wildman–Crippen MR) is 185 cm³/mol. The topological polar surface area (TPSA) is 430 Å². The van der Waals surface area contributed by atoms with Crippen molar-refractivity contribution in [3.05, 3.63) is 82.4 Å². The number of rotatable bonds is 9. The van der Waals surface area contributed by atoms with Crippen molar-refractivity contribution in [2.45, 2.75) is 15.5 Å². The molecule has 0 heterocycles. The molecule has 302 valence electrons. The maximum Gasteiger partial charge on any atom is 1.00 e. The van der Waals surface area contributed by atoms with Gasteiger partial charge in [0.1, 0.15) is 37.4 Å². The minimum Gasteiger partial charge on any atom is -0.745 e. The van der Waals surface area contributed by atoms with Gasteiger partial charge in [-0.15, -0.1) is 59.1 Å².